The number of hydrogen-bond acceptors (Lipinski definition) is 5. The van der Waals surface area contributed by atoms with Gasteiger partial charge < -0.3 is 5.32 Å². The summed E-state index contributed by atoms with van der Waals surface area (Å²) in [4.78, 5) is 30.0. The van der Waals surface area contributed by atoms with Crippen LogP contribution in [0, 0.1) is 0 Å². The molecule has 2 aromatic heterocycles. The highest BCUT2D eigenvalue weighted by molar-refractivity contribution is 7.15. The Morgan fingerprint density at radius 1 is 1.11 bits per heavy atom. The van der Waals surface area contributed by atoms with Crippen LogP contribution in [0.2, 0.25) is 5.02 Å². The maximum absolute atomic E-state index is 12.5. The second-order valence-corrected chi connectivity index (χ2v) is 7.67. The first-order chi connectivity index (χ1) is 13.6. The number of rotatable bonds is 5. The van der Waals surface area contributed by atoms with Crippen LogP contribution >= 0.6 is 22.9 Å². The predicted octanol–water partition coefficient (Wildman–Crippen LogP) is 3.74. The molecule has 0 saturated heterocycles. The number of halogens is 1. The van der Waals surface area contributed by atoms with Crippen molar-refractivity contribution in [3.63, 3.8) is 0 Å². The van der Waals surface area contributed by atoms with E-state index in [0.29, 0.717) is 22.0 Å². The zero-order valence-corrected chi connectivity index (χ0v) is 16.2. The average Bonchev–Trinajstić information content (AvgIpc) is 3.13. The van der Waals surface area contributed by atoms with Gasteiger partial charge in [0.15, 0.2) is 5.13 Å². The van der Waals surface area contributed by atoms with E-state index in [1.165, 1.54) is 11.3 Å². The Balaban J connectivity index is 1.45. The molecule has 0 aliphatic carbocycles. The molecule has 8 heteroatoms. The molecule has 4 rings (SSSR count). The molecule has 6 nitrogen and oxygen atoms in total. The second kappa shape index (κ2) is 7.92. The van der Waals surface area contributed by atoms with Crippen molar-refractivity contribution in [3.05, 3.63) is 86.7 Å². The van der Waals surface area contributed by atoms with Crippen LogP contribution < -0.4 is 10.9 Å². The molecule has 0 atom stereocenters. The number of thiazole rings is 1. The van der Waals surface area contributed by atoms with Crippen LogP contribution in [0.3, 0.4) is 0 Å². The van der Waals surface area contributed by atoms with E-state index in [1.54, 1.807) is 24.5 Å². The van der Waals surface area contributed by atoms with Crippen LogP contribution in [0.25, 0.3) is 10.8 Å². The van der Waals surface area contributed by atoms with E-state index in [4.69, 9.17) is 11.6 Å². The standard InChI is InChI=1S/C20H15ClN4O2S/c21-17-8-4-2-5-13(17)9-15-11-22-20(28-15)24-18(26)12-25-19(27)16-7-3-1-6-14(16)10-23-25/h1-8,10-11H,9,12H2,(H,22,24,26). The molecular formula is C20H15ClN4O2S. The fraction of sp³-hybridized carbons (Fsp3) is 0.100. The van der Waals surface area contributed by atoms with Crippen molar-refractivity contribution in [1.29, 1.82) is 0 Å². The lowest BCUT2D eigenvalue weighted by Crippen LogP contribution is -2.29. The maximum atomic E-state index is 12.5. The van der Waals surface area contributed by atoms with Crippen LogP contribution in [-0.2, 0) is 17.8 Å². The summed E-state index contributed by atoms with van der Waals surface area (Å²) in [6.07, 6.45) is 3.93. The van der Waals surface area contributed by atoms with Gasteiger partial charge in [-0.15, -0.1) is 11.3 Å². The molecule has 28 heavy (non-hydrogen) atoms. The Morgan fingerprint density at radius 3 is 2.75 bits per heavy atom. The molecule has 140 valence electrons. The number of carbonyl (C=O) groups excluding carboxylic acids is 1. The number of fused-ring (bicyclic) bond motifs is 1. The third kappa shape index (κ3) is 3.95. The minimum atomic E-state index is -0.358. The normalized spacial score (nSPS) is 10.9. The van der Waals surface area contributed by atoms with Gasteiger partial charge in [0.25, 0.3) is 5.56 Å². The highest BCUT2D eigenvalue weighted by Crippen LogP contribution is 2.24. The fourth-order valence-electron chi connectivity index (χ4n) is 2.81. The molecule has 0 bridgehead atoms. The summed E-state index contributed by atoms with van der Waals surface area (Å²) >= 11 is 7.56. The van der Waals surface area contributed by atoms with Gasteiger partial charge >= 0.3 is 0 Å². The fourth-order valence-corrected chi connectivity index (χ4v) is 3.87. The van der Waals surface area contributed by atoms with E-state index < -0.39 is 0 Å². The van der Waals surface area contributed by atoms with E-state index in [9.17, 15) is 9.59 Å². The molecule has 0 spiro atoms. The summed E-state index contributed by atoms with van der Waals surface area (Å²) in [5, 5.41) is 9.24. The molecule has 0 fully saturated rings. The lowest BCUT2D eigenvalue weighted by atomic mass is 10.1. The average molecular weight is 411 g/mol. The molecular weight excluding hydrogens is 396 g/mol. The van der Waals surface area contributed by atoms with Crippen molar-refractivity contribution in [1.82, 2.24) is 14.8 Å². The lowest BCUT2D eigenvalue weighted by Gasteiger charge is -2.05. The molecule has 2 aromatic carbocycles. The van der Waals surface area contributed by atoms with Crippen molar-refractivity contribution < 1.29 is 4.79 Å². The number of carbonyl (C=O) groups is 1. The number of nitrogens with zero attached hydrogens (tertiary/aromatic N) is 3. The van der Waals surface area contributed by atoms with Crippen LogP contribution in [0.4, 0.5) is 5.13 Å². The smallest absolute Gasteiger partial charge is 0.275 e. The van der Waals surface area contributed by atoms with Crippen molar-refractivity contribution in [2.75, 3.05) is 5.32 Å². The number of anilines is 1. The minimum Gasteiger partial charge on any atom is -0.300 e. The van der Waals surface area contributed by atoms with Gasteiger partial charge in [0.2, 0.25) is 5.91 Å². The summed E-state index contributed by atoms with van der Waals surface area (Å²) in [7, 11) is 0. The molecule has 0 aliphatic heterocycles. The van der Waals surface area contributed by atoms with Crippen LogP contribution in [0.5, 0.6) is 0 Å². The van der Waals surface area contributed by atoms with Crippen molar-refractivity contribution in [3.8, 4) is 0 Å². The van der Waals surface area contributed by atoms with Crippen molar-refractivity contribution >= 4 is 44.7 Å². The van der Waals surface area contributed by atoms with Gasteiger partial charge in [-0.1, -0.05) is 48.0 Å². The molecule has 1 N–H and O–H groups in total. The number of hydrogen-bond donors (Lipinski definition) is 1. The van der Waals surface area contributed by atoms with Crippen molar-refractivity contribution in [2.45, 2.75) is 13.0 Å². The quantitative estimate of drug-likeness (QED) is 0.543. The van der Waals surface area contributed by atoms with Crippen LogP contribution in [0.15, 0.2) is 65.7 Å². The zero-order chi connectivity index (χ0) is 19.5. The second-order valence-electron chi connectivity index (χ2n) is 6.14. The SMILES string of the molecule is O=C(Cn1ncc2ccccc2c1=O)Nc1ncc(Cc2ccccc2Cl)s1. The minimum absolute atomic E-state index is 0.177. The Kier molecular flexibility index (Phi) is 5.18. The van der Waals surface area contributed by atoms with E-state index >= 15 is 0 Å². The Hall–Kier alpha value is -3.03. The molecule has 0 aliphatic rings. The maximum Gasteiger partial charge on any atom is 0.275 e. The highest BCUT2D eigenvalue weighted by atomic mass is 35.5. The molecule has 4 aromatic rings. The molecule has 2 heterocycles. The van der Waals surface area contributed by atoms with Gasteiger partial charge in [-0.2, -0.15) is 5.10 Å². The van der Waals surface area contributed by atoms with E-state index in [-0.39, 0.29) is 18.0 Å². The Bertz CT molecular complexity index is 1220. The lowest BCUT2D eigenvalue weighted by molar-refractivity contribution is -0.117. The topological polar surface area (TPSA) is 76.9 Å². The van der Waals surface area contributed by atoms with Crippen LogP contribution in [-0.4, -0.2) is 20.7 Å². The molecule has 0 unspecified atom stereocenters. The van der Waals surface area contributed by atoms with Gasteiger partial charge in [-0.25, -0.2) is 9.67 Å². The largest absolute Gasteiger partial charge is 0.300 e. The van der Waals surface area contributed by atoms with Crippen molar-refractivity contribution in [2.24, 2.45) is 0 Å². The number of benzene rings is 2. The summed E-state index contributed by atoms with van der Waals surface area (Å²) in [5.41, 5.74) is 0.699. The van der Waals surface area contributed by atoms with E-state index in [2.05, 4.69) is 15.4 Å². The van der Waals surface area contributed by atoms with E-state index in [1.807, 2.05) is 36.4 Å². The third-order valence-electron chi connectivity index (χ3n) is 4.18. The predicted molar refractivity (Wildman–Crippen MR) is 111 cm³/mol. The Morgan fingerprint density at radius 2 is 1.89 bits per heavy atom. The Labute approximate surface area is 169 Å². The van der Waals surface area contributed by atoms with Gasteiger partial charge in [0, 0.05) is 27.9 Å². The summed E-state index contributed by atoms with van der Waals surface area (Å²) in [6.45, 7) is -0.177. The summed E-state index contributed by atoms with van der Waals surface area (Å²) in [6, 6.07) is 14.8. The summed E-state index contributed by atoms with van der Waals surface area (Å²) < 4.78 is 1.15. The third-order valence-corrected chi connectivity index (χ3v) is 5.46. The van der Waals surface area contributed by atoms with E-state index in [0.717, 1.165) is 20.5 Å². The molecule has 0 saturated carbocycles. The number of aromatic nitrogens is 3. The van der Waals surface area contributed by atoms with Gasteiger partial charge in [0.05, 0.1) is 11.6 Å². The first-order valence-electron chi connectivity index (χ1n) is 8.53. The first kappa shape index (κ1) is 18.3. The number of nitrogens with one attached hydrogen (secondary N) is 1. The molecule has 1 amide bonds. The first-order valence-corrected chi connectivity index (χ1v) is 9.72. The van der Waals surface area contributed by atoms with Gasteiger partial charge in [-0.3, -0.25) is 9.59 Å². The van der Waals surface area contributed by atoms with Crippen LogP contribution in [0.1, 0.15) is 10.4 Å². The zero-order valence-electron chi connectivity index (χ0n) is 14.6. The summed E-state index contributed by atoms with van der Waals surface area (Å²) in [5.74, 6) is -0.358. The van der Waals surface area contributed by atoms with Gasteiger partial charge in [-0.05, 0) is 17.7 Å². The monoisotopic (exact) mass is 410 g/mol. The number of amides is 1. The van der Waals surface area contributed by atoms with Gasteiger partial charge in [0.1, 0.15) is 6.54 Å². The highest BCUT2D eigenvalue weighted by Gasteiger charge is 2.11. The molecule has 0 radical (unpaired) electrons.